The third kappa shape index (κ3) is 4.43. The summed E-state index contributed by atoms with van der Waals surface area (Å²) in [5.41, 5.74) is -1.50. The van der Waals surface area contributed by atoms with Gasteiger partial charge in [-0.05, 0) is 43.9 Å². The van der Waals surface area contributed by atoms with Crippen molar-refractivity contribution in [2.45, 2.75) is 50.4 Å². The molecule has 2 saturated heterocycles. The highest BCUT2D eigenvalue weighted by molar-refractivity contribution is 5.99. The number of nitrogens with zero attached hydrogens (tertiary/aromatic N) is 1. The highest BCUT2D eigenvalue weighted by atomic mass is 19.4. The average molecular weight is 425 g/mol. The van der Waals surface area contributed by atoms with Gasteiger partial charge in [0, 0.05) is 31.3 Å². The van der Waals surface area contributed by atoms with Gasteiger partial charge in [-0.25, -0.2) is 0 Å². The number of hydrogen-bond acceptors (Lipinski definition) is 4. The fourth-order valence-electron chi connectivity index (χ4n) is 3.85. The predicted molar refractivity (Wildman–Crippen MR) is 101 cm³/mol. The summed E-state index contributed by atoms with van der Waals surface area (Å²) >= 11 is 0. The topological polar surface area (TPSA) is 87.7 Å². The van der Waals surface area contributed by atoms with Crippen molar-refractivity contribution in [1.82, 2.24) is 4.90 Å². The number of anilines is 2. The van der Waals surface area contributed by atoms with Crippen molar-refractivity contribution in [3.8, 4) is 0 Å². The quantitative estimate of drug-likeness (QED) is 0.760. The van der Waals surface area contributed by atoms with Crippen LogP contribution in [0.15, 0.2) is 18.2 Å². The number of benzene rings is 1. The Balaban J connectivity index is 1.47. The van der Waals surface area contributed by atoms with E-state index in [1.54, 1.807) is 4.90 Å². The molecule has 3 amide bonds. The van der Waals surface area contributed by atoms with E-state index in [1.165, 1.54) is 6.07 Å². The Morgan fingerprint density at radius 2 is 1.87 bits per heavy atom. The maximum atomic E-state index is 13.6. The van der Waals surface area contributed by atoms with Crippen LogP contribution in [-0.2, 0) is 25.3 Å². The van der Waals surface area contributed by atoms with E-state index >= 15 is 0 Å². The molecule has 10 heteroatoms. The Bertz CT molecular complexity index is 863. The van der Waals surface area contributed by atoms with Crippen LogP contribution in [0.5, 0.6) is 0 Å². The van der Waals surface area contributed by atoms with Crippen LogP contribution in [0.4, 0.5) is 24.5 Å². The standard InChI is InChI=1S/C20H22F3N3O4/c21-20(22,23)14-9-12(24-19(29)16-2-1-7-30-16)3-6-15(14)25-18(28)11-8-17(27)26(10-11)13-4-5-13/h3,6,9,11,13,16H,1-2,4-5,7-8,10H2,(H,24,29)(H,25,28). The van der Waals surface area contributed by atoms with Gasteiger partial charge in [0.05, 0.1) is 17.2 Å². The molecule has 2 atom stereocenters. The number of ether oxygens (including phenoxy) is 1. The Morgan fingerprint density at radius 3 is 2.50 bits per heavy atom. The zero-order chi connectivity index (χ0) is 21.5. The van der Waals surface area contributed by atoms with E-state index in [4.69, 9.17) is 4.74 Å². The number of rotatable bonds is 5. The van der Waals surface area contributed by atoms with Gasteiger partial charge in [-0.1, -0.05) is 0 Å². The van der Waals surface area contributed by atoms with Crippen LogP contribution in [0.25, 0.3) is 0 Å². The van der Waals surface area contributed by atoms with Gasteiger partial charge < -0.3 is 20.3 Å². The minimum atomic E-state index is -4.74. The molecule has 0 spiro atoms. The lowest BCUT2D eigenvalue weighted by Crippen LogP contribution is -2.30. The van der Waals surface area contributed by atoms with E-state index in [1.807, 2.05) is 0 Å². The first kappa shape index (κ1) is 20.6. The third-order valence-corrected chi connectivity index (χ3v) is 5.59. The Morgan fingerprint density at radius 1 is 1.10 bits per heavy atom. The van der Waals surface area contributed by atoms with Gasteiger partial charge in [-0.3, -0.25) is 14.4 Å². The van der Waals surface area contributed by atoms with Gasteiger partial charge >= 0.3 is 6.18 Å². The van der Waals surface area contributed by atoms with Crippen LogP contribution in [0, 0.1) is 5.92 Å². The van der Waals surface area contributed by atoms with E-state index < -0.39 is 41.3 Å². The molecule has 4 rings (SSSR count). The van der Waals surface area contributed by atoms with Gasteiger partial charge in [-0.15, -0.1) is 0 Å². The molecule has 3 aliphatic rings. The summed E-state index contributed by atoms with van der Waals surface area (Å²) in [6.45, 7) is 0.672. The molecule has 0 bridgehead atoms. The fraction of sp³-hybridized carbons (Fsp3) is 0.550. The molecular weight excluding hydrogens is 403 g/mol. The predicted octanol–water partition coefficient (Wildman–Crippen LogP) is 2.77. The zero-order valence-corrected chi connectivity index (χ0v) is 16.1. The Kier molecular flexibility index (Phi) is 5.44. The van der Waals surface area contributed by atoms with Crippen LogP contribution in [-0.4, -0.2) is 47.9 Å². The molecule has 0 radical (unpaired) electrons. The summed E-state index contributed by atoms with van der Waals surface area (Å²) in [6.07, 6.45) is -2.37. The van der Waals surface area contributed by atoms with E-state index in [9.17, 15) is 27.6 Å². The molecule has 162 valence electrons. The summed E-state index contributed by atoms with van der Waals surface area (Å²) in [5.74, 6) is -1.94. The van der Waals surface area contributed by atoms with Crippen molar-refractivity contribution < 1.29 is 32.3 Å². The van der Waals surface area contributed by atoms with Crippen LogP contribution in [0.1, 0.15) is 37.7 Å². The Labute approximate surface area is 170 Å². The second kappa shape index (κ2) is 7.90. The van der Waals surface area contributed by atoms with Crippen LogP contribution >= 0.6 is 0 Å². The summed E-state index contributed by atoms with van der Waals surface area (Å²) in [5, 5.41) is 4.75. The van der Waals surface area contributed by atoms with Crippen molar-refractivity contribution >= 4 is 29.1 Å². The molecule has 2 N–H and O–H groups in total. The normalized spacial score (nSPS) is 24.2. The van der Waals surface area contributed by atoms with Gasteiger partial charge in [0.15, 0.2) is 0 Å². The van der Waals surface area contributed by atoms with Gasteiger partial charge in [0.2, 0.25) is 11.8 Å². The summed E-state index contributed by atoms with van der Waals surface area (Å²) in [6, 6.07) is 3.36. The minimum absolute atomic E-state index is 0.000780. The number of alkyl halides is 3. The molecule has 2 unspecified atom stereocenters. The molecule has 0 aromatic heterocycles. The zero-order valence-electron chi connectivity index (χ0n) is 16.1. The third-order valence-electron chi connectivity index (χ3n) is 5.59. The molecule has 1 aromatic carbocycles. The summed E-state index contributed by atoms with van der Waals surface area (Å²) in [7, 11) is 0. The first-order valence-electron chi connectivity index (χ1n) is 9.96. The molecule has 1 saturated carbocycles. The lowest BCUT2D eigenvalue weighted by atomic mass is 10.1. The van der Waals surface area contributed by atoms with Crippen LogP contribution in [0.3, 0.4) is 0 Å². The second-order valence-electron chi connectivity index (χ2n) is 7.92. The SMILES string of the molecule is O=C(Nc1ccc(NC(=O)C2CCCO2)cc1C(F)(F)F)C1CC(=O)N(C2CC2)C1. The smallest absolute Gasteiger partial charge is 0.368 e. The monoisotopic (exact) mass is 425 g/mol. The molecule has 7 nitrogen and oxygen atoms in total. The number of halogens is 3. The molecule has 2 heterocycles. The van der Waals surface area contributed by atoms with Crippen LogP contribution < -0.4 is 10.6 Å². The van der Waals surface area contributed by atoms with Gasteiger partial charge in [0.1, 0.15) is 6.10 Å². The maximum Gasteiger partial charge on any atom is 0.418 e. The minimum Gasteiger partial charge on any atom is -0.368 e. The maximum absolute atomic E-state index is 13.6. The molecule has 3 fully saturated rings. The van der Waals surface area contributed by atoms with Crippen molar-refractivity contribution in [1.29, 1.82) is 0 Å². The molecular formula is C20H22F3N3O4. The fourth-order valence-corrected chi connectivity index (χ4v) is 3.85. The van der Waals surface area contributed by atoms with Crippen molar-refractivity contribution in [3.05, 3.63) is 23.8 Å². The number of carbonyl (C=O) groups excluding carboxylic acids is 3. The van der Waals surface area contributed by atoms with Gasteiger partial charge in [0.25, 0.3) is 5.91 Å². The van der Waals surface area contributed by atoms with Crippen LogP contribution in [0.2, 0.25) is 0 Å². The number of amides is 3. The number of likely N-dealkylation sites (tertiary alicyclic amines) is 1. The van der Waals surface area contributed by atoms with E-state index in [-0.39, 0.29) is 30.6 Å². The van der Waals surface area contributed by atoms with Crippen molar-refractivity contribution in [2.24, 2.45) is 5.92 Å². The first-order chi connectivity index (χ1) is 14.2. The van der Waals surface area contributed by atoms with E-state index in [0.29, 0.717) is 13.0 Å². The lowest BCUT2D eigenvalue weighted by molar-refractivity contribution is -0.137. The van der Waals surface area contributed by atoms with E-state index in [2.05, 4.69) is 10.6 Å². The van der Waals surface area contributed by atoms with Gasteiger partial charge in [-0.2, -0.15) is 13.2 Å². The number of carbonyl (C=O) groups is 3. The van der Waals surface area contributed by atoms with Crippen molar-refractivity contribution in [2.75, 3.05) is 23.8 Å². The number of hydrogen-bond donors (Lipinski definition) is 2. The molecule has 1 aliphatic carbocycles. The molecule has 30 heavy (non-hydrogen) atoms. The second-order valence-corrected chi connectivity index (χ2v) is 7.92. The average Bonchev–Trinajstić information content (AvgIpc) is 3.21. The summed E-state index contributed by atoms with van der Waals surface area (Å²) < 4.78 is 46.0. The van der Waals surface area contributed by atoms with E-state index in [0.717, 1.165) is 31.4 Å². The Hall–Kier alpha value is -2.62. The molecule has 1 aromatic rings. The highest BCUT2D eigenvalue weighted by Crippen LogP contribution is 2.38. The lowest BCUT2D eigenvalue weighted by Gasteiger charge is -2.18. The summed E-state index contributed by atoms with van der Waals surface area (Å²) in [4.78, 5) is 38.3. The highest BCUT2D eigenvalue weighted by Gasteiger charge is 2.42. The first-order valence-corrected chi connectivity index (χ1v) is 9.96. The molecule has 2 aliphatic heterocycles. The number of nitrogens with one attached hydrogen (secondary N) is 2. The largest absolute Gasteiger partial charge is 0.418 e. The van der Waals surface area contributed by atoms with Crippen molar-refractivity contribution in [3.63, 3.8) is 0 Å².